The number of rotatable bonds is 5. The lowest BCUT2D eigenvalue weighted by Gasteiger charge is -2.18. The van der Waals surface area contributed by atoms with Gasteiger partial charge in [-0.3, -0.25) is 0 Å². The van der Waals surface area contributed by atoms with Gasteiger partial charge in [0, 0.05) is 6.54 Å². The molecule has 0 aliphatic heterocycles. The van der Waals surface area contributed by atoms with Crippen LogP contribution in [-0.2, 0) is 0 Å². The first-order chi connectivity index (χ1) is 10.2. The highest BCUT2D eigenvalue weighted by Crippen LogP contribution is 2.23. The largest absolute Gasteiger partial charge is 0.495 e. The quantitative estimate of drug-likeness (QED) is 0.790. The number of hydrogen-bond donors (Lipinski definition) is 3. The summed E-state index contributed by atoms with van der Waals surface area (Å²) < 4.78 is 5.19. The molecule has 0 spiro atoms. The van der Waals surface area contributed by atoms with E-state index in [1.54, 1.807) is 19.2 Å². The molecule has 0 fully saturated rings. The first-order valence-electron chi connectivity index (χ1n) is 6.70. The van der Waals surface area contributed by atoms with E-state index in [2.05, 4.69) is 10.6 Å². The topological polar surface area (TPSA) is 76.4 Å². The second-order valence-electron chi connectivity index (χ2n) is 4.50. The van der Waals surface area contributed by atoms with Gasteiger partial charge in [-0.1, -0.05) is 42.5 Å². The number of hydrogen-bond acceptors (Lipinski definition) is 3. The van der Waals surface area contributed by atoms with E-state index >= 15 is 0 Å². The maximum Gasteiger partial charge on any atom is 0.319 e. The summed E-state index contributed by atoms with van der Waals surface area (Å²) in [7, 11) is 1.56. The molecule has 110 valence electrons. The summed E-state index contributed by atoms with van der Waals surface area (Å²) in [4.78, 5) is 12.1. The number of urea groups is 1. The summed E-state index contributed by atoms with van der Waals surface area (Å²) >= 11 is 0. The van der Waals surface area contributed by atoms with E-state index in [1.807, 2.05) is 42.5 Å². The Morgan fingerprint density at radius 1 is 1.14 bits per heavy atom. The van der Waals surface area contributed by atoms with Crippen molar-refractivity contribution < 1.29 is 9.53 Å². The summed E-state index contributed by atoms with van der Waals surface area (Å²) in [5.74, 6) is 0.608. The minimum Gasteiger partial charge on any atom is -0.495 e. The number of benzene rings is 2. The maximum atomic E-state index is 12.1. The van der Waals surface area contributed by atoms with Gasteiger partial charge in [0.05, 0.1) is 18.8 Å². The SMILES string of the molecule is COc1ccccc1NC(=O)NC(CN)c1ccccc1. The lowest BCUT2D eigenvalue weighted by atomic mass is 10.1. The monoisotopic (exact) mass is 285 g/mol. The van der Waals surface area contributed by atoms with Crippen molar-refractivity contribution in [2.75, 3.05) is 19.0 Å². The first-order valence-corrected chi connectivity index (χ1v) is 6.70. The van der Waals surface area contributed by atoms with E-state index in [-0.39, 0.29) is 12.1 Å². The highest BCUT2D eigenvalue weighted by Gasteiger charge is 2.13. The third kappa shape index (κ3) is 3.97. The molecule has 1 atom stereocenters. The molecular weight excluding hydrogens is 266 g/mol. The molecule has 2 rings (SSSR count). The Labute approximate surface area is 124 Å². The molecule has 0 bridgehead atoms. The highest BCUT2D eigenvalue weighted by molar-refractivity contribution is 5.91. The van der Waals surface area contributed by atoms with Gasteiger partial charge in [-0.15, -0.1) is 0 Å². The van der Waals surface area contributed by atoms with E-state index in [4.69, 9.17) is 10.5 Å². The predicted molar refractivity (Wildman–Crippen MR) is 83.4 cm³/mol. The van der Waals surface area contributed by atoms with E-state index in [0.29, 0.717) is 18.0 Å². The Balaban J connectivity index is 2.03. The van der Waals surface area contributed by atoms with Crippen molar-refractivity contribution in [2.24, 2.45) is 5.73 Å². The molecule has 0 radical (unpaired) electrons. The zero-order chi connectivity index (χ0) is 15.1. The number of methoxy groups -OCH3 is 1. The van der Waals surface area contributed by atoms with Gasteiger partial charge in [0.15, 0.2) is 0 Å². The third-order valence-corrected chi connectivity index (χ3v) is 3.10. The van der Waals surface area contributed by atoms with Gasteiger partial charge >= 0.3 is 6.03 Å². The van der Waals surface area contributed by atoms with Crippen LogP contribution < -0.4 is 21.1 Å². The molecule has 2 aromatic rings. The summed E-state index contributed by atoms with van der Waals surface area (Å²) in [5, 5.41) is 5.62. The van der Waals surface area contributed by atoms with Crippen molar-refractivity contribution in [3.8, 4) is 5.75 Å². The van der Waals surface area contributed by atoms with Crippen molar-refractivity contribution in [3.63, 3.8) is 0 Å². The zero-order valence-corrected chi connectivity index (χ0v) is 11.9. The minimum absolute atomic E-state index is 0.235. The molecule has 0 heterocycles. The lowest BCUT2D eigenvalue weighted by molar-refractivity contribution is 0.248. The Kier molecular flexibility index (Phi) is 5.17. The molecule has 0 aliphatic carbocycles. The molecule has 5 nitrogen and oxygen atoms in total. The van der Waals surface area contributed by atoms with E-state index in [1.165, 1.54) is 0 Å². The second kappa shape index (κ2) is 7.31. The minimum atomic E-state index is -0.321. The first kappa shape index (κ1) is 14.9. The number of carbonyl (C=O) groups is 1. The molecule has 5 heteroatoms. The Morgan fingerprint density at radius 3 is 2.48 bits per heavy atom. The molecule has 0 aromatic heterocycles. The number of para-hydroxylation sites is 2. The summed E-state index contributed by atoms with van der Waals surface area (Å²) in [6, 6.07) is 16.3. The van der Waals surface area contributed by atoms with Gasteiger partial charge < -0.3 is 21.1 Å². The lowest BCUT2D eigenvalue weighted by Crippen LogP contribution is -2.36. The average Bonchev–Trinajstić information content (AvgIpc) is 2.54. The molecule has 0 saturated carbocycles. The molecule has 4 N–H and O–H groups in total. The summed E-state index contributed by atoms with van der Waals surface area (Å²) in [6.07, 6.45) is 0. The molecular formula is C16H19N3O2. The Hall–Kier alpha value is -2.53. The maximum absolute atomic E-state index is 12.1. The van der Waals surface area contributed by atoms with Crippen LogP contribution in [0.4, 0.5) is 10.5 Å². The Bertz CT molecular complexity index is 587. The fourth-order valence-electron chi connectivity index (χ4n) is 2.03. The summed E-state index contributed by atoms with van der Waals surface area (Å²) in [5.41, 5.74) is 7.32. The van der Waals surface area contributed by atoms with Crippen LogP contribution in [-0.4, -0.2) is 19.7 Å². The molecule has 2 amide bonds. The number of ether oxygens (including phenoxy) is 1. The molecule has 21 heavy (non-hydrogen) atoms. The number of nitrogens with one attached hydrogen (secondary N) is 2. The van der Waals surface area contributed by atoms with Crippen molar-refractivity contribution in [1.82, 2.24) is 5.32 Å². The standard InChI is InChI=1S/C16H19N3O2/c1-21-15-10-6-5-9-13(15)18-16(20)19-14(11-17)12-7-3-2-4-8-12/h2-10,14H,11,17H2,1H3,(H2,18,19,20). The van der Waals surface area contributed by atoms with Crippen LogP contribution in [0.3, 0.4) is 0 Å². The fraction of sp³-hybridized carbons (Fsp3) is 0.188. The van der Waals surface area contributed by atoms with Crippen LogP contribution in [0.15, 0.2) is 54.6 Å². The van der Waals surface area contributed by atoms with Crippen molar-refractivity contribution in [2.45, 2.75) is 6.04 Å². The van der Waals surface area contributed by atoms with Crippen LogP contribution in [0, 0.1) is 0 Å². The van der Waals surface area contributed by atoms with Crippen LogP contribution in [0.5, 0.6) is 5.75 Å². The third-order valence-electron chi connectivity index (χ3n) is 3.10. The smallest absolute Gasteiger partial charge is 0.319 e. The van der Waals surface area contributed by atoms with Crippen LogP contribution in [0.2, 0.25) is 0 Å². The van der Waals surface area contributed by atoms with Gasteiger partial charge in [-0.05, 0) is 17.7 Å². The molecule has 2 aromatic carbocycles. The fourth-order valence-corrected chi connectivity index (χ4v) is 2.03. The van der Waals surface area contributed by atoms with Crippen LogP contribution >= 0.6 is 0 Å². The van der Waals surface area contributed by atoms with Crippen molar-refractivity contribution in [1.29, 1.82) is 0 Å². The van der Waals surface area contributed by atoms with Crippen molar-refractivity contribution in [3.05, 3.63) is 60.2 Å². The van der Waals surface area contributed by atoms with E-state index in [0.717, 1.165) is 5.56 Å². The zero-order valence-electron chi connectivity index (χ0n) is 11.9. The highest BCUT2D eigenvalue weighted by atomic mass is 16.5. The van der Waals surface area contributed by atoms with Crippen LogP contribution in [0.1, 0.15) is 11.6 Å². The van der Waals surface area contributed by atoms with Crippen molar-refractivity contribution >= 4 is 11.7 Å². The number of amides is 2. The average molecular weight is 285 g/mol. The summed E-state index contributed by atoms with van der Waals surface area (Å²) in [6.45, 7) is 0.323. The Morgan fingerprint density at radius 2 is 1.81 bits per heavy atom. The second-order valence-corrected chi connectivity index (χ2v) is 4.50. The van der Waals surface area contributed by atoms with Gasteiger partial charge in [-0.25, -0.2) is 4.79 Å². The van der Waals surface area contributed by atoms with Gasteiger partial charge in [0.1, 0.15) is 5.75 Å². The van der Waals surface area contributed by atoms with Gasteiger partial charge in [0.25, 0.3) is 0 Å². The van der Waals surface area contributed by atoms with E-state index < -0.39 is 0 Å². The van der Waals surface area contributed by atoms with Gasteiger partial charge in [-0.2, -0.15) is 0 Å². The predicted octanol–water partition coefficient (Wildman–Crippen LogP) is 2.52. The number of nitrogens with two attached hydrogens (primary N) is 1. The van der Waals surface area contributed by atoms with Gasteiger partial charge in [0.2, 0.25) is 0 Å². The number of carbonyl (C=O) groups excluding carboxylic acids is 1. The molecule has 0 saturated heterocycles. The normalized spacial score (nSPS) is 11.5. The molecule has 0 aliphatic rings. The number of anilines is 1. The van der Waals surface area contributed by atoms with Crippen LogP contribution in [0.25, 0.3) is 0 Å². The van der Waals surface area contributed by atoms with E-state index in [9.17, 15) is 4.79 Å². The molecule has 1 unspecified atom stereocenters.